The van der Waals surface area contributed by atoms with Crippen molar-refractivity contribution in [1.29, 1.82) is 0 Å². The second-order valence-electron chi connectivity index (χ2n) is 5.10. The van der Waals surface area contributed by atoms with E-state index in [1.165, 1.54) is 31.2 Å². The lowest BCUT2D eigenvalue weighted by molar-refractivity contribution is -0.0480. The van der Waals surface area contributed by atoms with Gasteiger partial charge in [-0.15, -0.1) is 11.6 Å². The molecule has 1 saturated heterocycles. The van der Waals surface area contributed by atoms with Crippen LogP contribution in [-0.4, -0.2) is 19.1 Å². The van der Waals surface area contributed by atoms with Crippen LogP contribution >= 0.6 is 11.6 Å². The molecule has 1 heterocycles. The van der Waals surface area contributed by atoms with Crippen LogP contribution in [0.3, 0.4) is 0 Å². The Morgan fingerprint density at radius 2 is 1.88 bits per heavy atom. The van der Waals surface area contributed by atoms with Gasteiger partial charge in [-0.2, -0.15) is 0 Å². The Hall–Kier alpha value is -0.530. The largest absolute Gasteiger partial charge is 0.379 e. The van der Waals surface area contributed by atoms with E-state index in [1.807, 2.05) is 0 Å². The third-order valence-electron chi connectivity index (χ3n) is 3.97. The molecule has 1 aromatic rings. The third kappa shape index (κ3) is 1.57. The van der Waals surface area contributed by atoms with Crippen LogP contribution in [0.5, 0.6) is 0 Å². The predicted molar refractivity (Wildman–Crippen MR) is 66.3 cm³/mol. The standard InChI is InChI=1S/C14H17ClO/c15-8-14(9-16-10-14)13-6-5-11-3-1-2-4-12(11)7-13/h5-7H,1-4,8-10H2. The number of halogens is 1. The van der Waals surface area contributed by atoms with Crippen LogP contribution in [0.15, 0.2) is 18.2 Å². The minimum Gasteiger partial charge on any atom is -0.379 e. The molecule has 16 heavy (non-hydrogen) atoms. The highest BCUT2D eigenvalue weighted by Gasteiger charge is 2.39. The highest BCUT2D eigenvalue weighted by molar-refractivity contribution is 6.18. The van der Waals surface area contributed by atoms with E-state index < -0.39 is 0 Å². The predicted octanol–water partition coefficient (Wildman–Crippen LogP) is 3.07. The first-order valence-electron chi connectivity index (χ1n) is 6.10. The summed E-state index contributed by atoms with van der Waals surface area (Å²) in [6.45, 7) is 1.57. The van der Waals surface area contributed by atoms with E-state index in [0.29, 0.717) is 5.88 Å². The molecule has 86 valence electrons. The molecular formula is C14H17ClO. The molecule has 0 bridgehead atoms. The molecule has 0 saturated carbocycles. The SMILES string of the molecule is ClCC1(c2ccc3c(c2)CCCC3)COC1. The van der Waals surface area contributed by atoms with E-state index in [9.17, 15) is 0 Å². The summed E-state index contributed by atoms with van der Waals surface area (Å²) >= 11 is 6.10. The van der Waals surface area contributed by atoms with Gasteiger partial charge in [0.15, 0.2) is 0 Å². The molecule has 2 aliphatic rings. The van der Waals surface area contributed by atoms with Gasteiger partial charge in [-0.3, -0.25) is 0 Å². The average Bonchev–Trinajstić information content (AvgIpc) is 2.28. The molecule has 0 unspecified atom stereocenters. The molecule has 1 fully saturated rings. The Labute approximate surface area is 102 Å². The second kappa shape index (κ2) is 4.05. The minimum atomic E-state index is 0.105. The maximum absolute atomic E-state index is 6.10. The van der Waals surface area contributed by atoms with Crippen molar-refractivity contribution < 1.29 is 4.74 Å². The number of ether oxygens (including phenoxy) is 1. The number of hydrogen-bond donors (Lipinski definition) is 0. The Bertz CT molecular complexity index is 390. The van der Waals surface area contributed by atoms with E-state index in [-0.39, 0.29) is 5.41 Å². The van der Waals surface area contributed by atoms with Gasteiger partial charge in [0.25, 0.3) is 0 Å². The minimum absolute atomic E-state index is 0.105. The molecule has 0 aromatic heterocycles. The average molecular weight is 237 g/mol. The lowest BCUT2D eigenvalue weighted by Crippen LogP contribution is -2.48. The summed E-state index contributed by atoms with van der Waals surface area (Å²) in [7, 11) is 0. The van der Waals surface area contributed by atoms with Gasteiger partial charge in [-0.05, 0) is 42.4 Å². The first kappa shape index (κ1) is 10.6. The number of hydrogen-bond acceptors (Lipinski definition) is 1. The van der Waals surface area contributed by atoms with Gasteiger partial charge in [0, 0.05) is 5.88 Å². The third-order valence-corrected chi connectivity index (χ3v) is 4.48. The molecule has 3 rings (SSSR count). The second-order valence-corrected chi connectivity index (χ2v) is 5.36. The van der Waals surface area contributed by atoms with E-state index >= 15 is 0 Å². The van der Waals surface area contributed by atoms with Gasteiger partial charge in [-0.25, -0.2) is 0 Å². The van der Waals surface area contributed by atoms with Crippen molar-refractivity contribution in [1.82, 2.24) is 0 Å². The van der Waals surface area contributed by atoms with Gasteiger partial charge < -0.3 is 4.74 Å². The lowest BCUT2D eigenvalue weighted by Gasteiger charge is -2.41. The fourth-order valence-electron chi connectivity index (χ4n) is 2.73. The highest BCUT2D eigenvalue weighted by Crippen LogP contribution is 2.35. The summed E-state index contributed by atoms with van der Waals surface area (Å²) in [4.78, 5) is 0. The van der Waals surface area contributed by atoms with Crippen LogP contribution in [0.4, 0.5) is 0 Å². The van der Waals surface area contributed by atoms with Crippen LogP contribution in [0.25, 0.3) is 0 Å². The monoisotopic (exact) mass is 236 g/mol. The summed E-state index contributed by atoms with van der Waals surface area (Å²) in [6, 6.07) is 6.94. The number of rotatable bonds is 2. The first-order valence-corrected chi connectivity index (χ1v) is 6.63. The normalized spacial score (nSPS) is 22.3. The van der Waals surface area contributed by atoms with Crippen LogP contribution in [-0.2, 0) is 23.0 Å². The molecule has 2 heteroatoms. The highest BCUT2D eigenvalue weighted by atomic mass is 35.5. The van der Waals surface area contributed by atoms with Crippen molar-refractivity contribution in [2.24, 2.45) is 0 Å². The van der Waals surface area contributed by atoms with Crippen LogP contribution in [0.1, 0.15) is 29.5 Å². The van der Waals surface area contributed by atoms with E-state index in [0.717, 1.165) is 13.2 Å². The molecule has 0 amide bonds. The fraction of sp³-hybridized carbons (Fsp3) is 0.571. The van der Waals surface area contributed by atoms with Crippen LogP contribution in [0.2, 0.25) is 0 Å². The number of aryl methyl sites for hydroxylation is 2. The summed E-state index contributed by atoms with van der Waals surface area (Å²) in [5.74, 6) is 0.672. The Balaban J connectivity index is 1.96. The summed E-state index contributed by atoms with van der Waals surface area (Å²) in [5, 5.41) is 0. The molecule has 0 atom stereocenters. The van der Waals surface area contributed by atoms with Crippen molar-refractivity contribution in [3.63, 3.8) is 0 Å². The van der Waals surface area contributed by atoms with Gasteiger partial charge in [0.1, 0.15) is 0 Å². The molecule has 1 aromatic carbocycles. The fourth-order valence-corrected chi connectivity index (χ4v) is 3.04. The zero-order chi connectivity index (χ0) is 11.0. The summed E-state index contributed by atoms with van der Waals surface area (Å²) < 4.78 is 5.34. The van der Waals surface area contributed by atoms with E-state index in [2.05, 4.69) is 18.2 Å². The van der Waals surface area contributed by atoms with E-state index in [4.69, 9.17) is 16.3 Å². The Morgan fingerprint density at radius 3 is 2.50 bits per heavy atom. The quantitative estimate of drug-likeness (QED) is 0.718. The molecule has 1 aliphatic heterocycles. The van der Waals surface area contributed by atoms with Crippen molar-refractivity contribution in [3.05, 3.63) is 34.9 Å². The van der Waals surface area contributed by atoms with Gasteiger partial charge in [0.05, 0.1) is 18.6 Å². The number of fused-ring (bicyclic) bond motifs is 1. The van der Waals surface area contributed by atoms with Crippen molar-refractivity contribution in [2.75, 3.05) is 19.1 Å². The molecule has 1 nitrogen and oxygen atoms in total. The van der Waals surface area contributed by atoms with Crippen LogP contribution < -0.4 is 0 Å². The maximum Gasteiger partial charge on any atom is 0.0597 e. The number of benzene rings is 1. The zero-order valence-electron chi connectivity index (χ0n) is 9.47. The Kier molecular flexibility index (Phi) is 2.68. The first-order chi connectivity index (χ1) is 7.84. The van der Waals surface area contributed by atoms with Gasteiger partial charge >= 0.3 is 0 Å². The zero-order valence-corrected chi connectivity index (χ0v) is 10.2. The summed E-state index contributed by atoms with van der Waals surface area (Å²) in [5.41, 5.74) is 4.57. The van der Waals surface area contributed by atoms with Crippen molar-refractivity contribution >= 4 is 11.6 Å². The molecule has 0 radical (unpaired) electrons. The topological polar surface area (TPSA) is 9.23 Å². The maximum atomic E-state index is 6.10. The molecule has 0 N–H and O–H groups in total. The molecule has 0 spiro atoms. The summed E-state index contributed by atoms with van der Waals surface area (Å²) in [6.07, 6.45) is 5.17. The smallest absolute Gasteiger partial charge is 0.0597 e. The van der Waals surface area contributed by atoms with Crippen molar-refractivity contribution in [3.8, 4) is 0 Å². The van der Waals surface area contributed by atoms with E-state index in [1.54, 1.807) is 11.1 Å². The lowest BCUT2D eigenvalue weighted by atomic mass is 9.78. The molecule has 1 aliphatic carbocycles. The molecular weight excluding hydrogens is 220 g/mol. The van der Waals surface area contributed by atoms with Gasteiger partial charge in [-0.1, -0.05) is 18.2 Å². The van der Waals surface area contributed by atoms with Gasteiger partial charge in [0.2, 0.25) is 0 Å². The van der Waals surface area contributed by atoms with Crippen LogP contribution in [0, 0.1) is 0 Å². The Morgan fingerprint density at radius 1 is 1.12 bits per heavy atom. The number of alkyl halides is 1. The van der Waals surface area contributed by atoms with Crippen molar-refractivity contribution in [2.45, 2.75) is 31.1 Å².